The molecule has 0 N–H and O–H groups in total. The largest absolute Gasteiger partial charge is 0.493 e. The quantitative estimate of drug-likeness (QED) is 0.760. The summed E-state index contributed by atoms with van der Waals surface area (Å²) in [5.74, 6) is 1.38. The summed E-state index contributed by atoms with van der Waals surface area (Å²) in [6, 6.07) is 18.1. The minimum Gasteiger partial charge on any atom is -0.493 e. The van der Waals surface area contributed by atoms with Crippen molar-refractivity contribution < 1.29 is 4.74 Å². The molecule has 1 aliphatic heterocycles. The van der Waals surface area contributed by atoms with Gasteiger partial charge < -0.3 is 4.74 Å². The second-order valence-corrected chi connectivity index (χ2v) is 4.55. The first-order valence-electron chi connectivity index (χ1n) is 6.07. The van der Waals surface area contributed by atoms with Crippen molar-refractivity contribution in [1.82, 2.24) is 0 Å². The van der Waals surface area contributed by atoms with Gasteiger partial charge in [0.25, 0.3) is 0 Å². The number of para-hydroxylation sites is 1. The van der Waals surface area contributed by atoms with Gasteiger partial charge in [0.2, 0.25) is 0 Å². The molecule has 0 saturated heterocycles. The molecule has 3 rings (SSSR count). The zero-order chi connectivity index (χ0) is 12.4. The molecule has 2 heteroatoms. The van der Waals surface area contributed by atoms with Crippen LogP contribution in [0.4, 0.5) is 0 Å². The lowest BCUT2D eigenvalue weighted by atomic mass is 9.90. The molecule has 18 heavy (non-hydrogen) atoms. The van der Waals surface area contributed by atoms with Gasteiger partial charge in [-0.3, -0.25) is 0 Å². The molecule has 0 bridgehead atoms. The highest BCUT2D eigenvalue weighted by Crippen LogP contribution is 2.32. The smallest absolute Gasteiger partial charge is 0.122 e. The fourth-order valence-corrected chi connectivity index (χ4v) is 2.37. The molecular weight excluding hydrogens is 222 g/mol. The molecule has 0 amide bonds. The third kappa shape index (κ3) is 1.96. The summed E-state index contributed by atoms with van der Waals surface area (Å²) in [6.45, 7) is 0.711. The van der Waals surface area contributed by atoms with Crippen molar-refractivity contribution in [2.45, 2.75) is 12.3 Å². The average molecular weight is 235 g/mol. The van der Waals surface area contributed by atoms with Gasteiger partial charge in [0.15, 0.2) is 0 Å². The van der Waals surface area contributed by atoms with E-state index in [1.54, 1.807) is 0 Å². The van der Waals surface area contributed by atoms with Crippen LogP contribution in [0.25, 0.3) is 0 Å². The molecule has 1 atom stereocenters. The minimum absolute atomic E-state index is 0.382. The van der Waals surface area contributed by atoms with Crippen LogP contribution in [0.3, 0.4) is 0 Å². The third-order valence-corrected chi connectivity index (χ3v) is 3.39. The number of benzene rings is 2. The van der Waals surface area contributed by atoms with E-state index in [4.69, 9.17) is 10.00 Å². The highest BCUT2D eigenvalue weighted by Gasteiger charge is 2.20. The molecule has 1 heterocycles. The van der Waals surface area contributed by atoms with Gasteiger partial charge in [-0.15, -0.1) is 0 Å². The van der Waals surface area contributed by atoms with Crippen LogP contribution in [0.1, 0.15) is 22.6 Å². The van der Waals surface area contributed by atoms with Crippen molar-refractivity contribution in [2.75, 3.05) is 6.61 Å². The van der Waals surface area contributed by atoms with Crippen molar-refractivity contribution in [1.29, 1.82) is 5.26 Å². The van der Waals surface area contributed by atoms with E-state index in [0.29, 0.717) is 18.1 Å². The first kappa shape index (κ1) is 10.9. The maximum absolute atomic E-state index is 8.79. The first-order valence-corrected chi connectivity index (χ1v) is 6.07. The van der Waals surface area contributed by atoms with Gasteiger partial charge in [0.1, 0.15) is 5.75 Å². The Morgan fingerprint density at radius 3 is 2.61 bits per heavy atom. The van der Waals surface area contributed by atoms with E-state index in [1.807, 2.05) is 42.5 Å². The fourth-order valence-electron chi connectivity index (χ4n) is 2.37. The number of nitriles is 1. The molecule has 1 unspecified atom stereocenters. The van der Waals surface area contributed by atoms with E-state index in [9.17, 15) is 0 Å². The second-order valence-electron chi connectivity index (χ2n) is 4.55. The van der Waals surface area contributed by atoms with Gasteiger partial charge in [-0.2, -0.15) is 5.26 Å². The summed E-state index contributed by atoms with van der Waals surface area (Å²) in [4.78, 5) is 0. The van der Waals surface area contributed by atoms with Gasteiger partial charge in [-0.1, -0.05) is 30.3 Å². The van der Waals surface area contributed by atoms with Crippen molar-refractivity contribution >= 4 is 0 Å². The Balaban J connectivity index is 1.85. The normalized spacial score (nSPS) is 17.4. The summed E-state index contributed by atoms with van der Waals surface area (Å²) in [5, 5.41) is 8.79. The molecule has 2 aromatic rings. The predicted octanol–water partition coefficient (Wildman–Crippen LogP) is 3.28. The molecule has 2 nitrogen and oxygen atoms in total. The Morgan fingerprint density at radius 2 is 1.83 bits per heavy atom. The topological polar surface area (TPSA) is 33.0 Å². The number of ether oxygens (including phenoxy) is 1. The predicted molar refractivity (Wildman–Crippen MR) is 69.5 cm³/mol. The average Bonchev–Trinajstić information content (AvgIpc) is 2.47. The van der Waals surface area contributed by atoms with E-state index >= 15 is 0 Å². The van der Waals surface area contributed by atoms with Crippen LogP contribution in [0.5, 0.6) is 5.75 Å². The Bertz CT molecular complexity index is 595. The summed E-state index contributed by atoms with van der Waals surface area (Å²) in [5.41, 5.74) is 3.21. The SMILES string of the molecule is N#Cc1ccc(C2COc3ccccc3C2)cc1. The lowest BCUT2D eigenvalue weighted by Crippen LogP contribution is -2.19. The Labute approximate surface area is 106 Å². The second kappa shape index (κ2) is 4.54. The molecule has 0 saturated carbocycles. The molecular formula is C16H13NO. The fraction of sp³-hybridized carbons (Fsp3) is 0.188. The van der Waals surface area contributed by atoms with E-state index in [2.05, 4.69) is 12.1 Å². The van der Waals surface area contributed by atoms with Gasteiger partial charge in [-0.05, 0) is 35.7 Å². The number of rotatable bonds is 1. The number of nitrogens with zero attached hydrogens (tertiary/aromatic N) is 1. The highest BCUT2D eigenvalue weighted by molar-refractivity contribution is 5.39. The summed E-state index contributed by atoms with van der Waals surface area (Å²) in [6.07, 6.45) is 1.00. The Hall–Kier alpha value is -2.27. The molecule has 0 fully saturated rings. The summed E-state index contributed by atoms with van der Waals surface area (Å²) >= 11 is 0. The molecule has 2 aromatic carbocycles. The van der Waals surface area contributed by atoms with Gasteiger partial charge in [0, 0.05) is 5.92 Å². The van der Waals surface area contributed by atoms with Crippen molar-refractivity contribution in [3.8, 4) is 11.8 Å². The summed E-state index contributed by atoms with van der Waals surface area (Å²) in [7, 11) is 0. The first-order chi connectivity index (χ1) is 8.86. The molecule has 0 spiro atoms. The van der Waals surface area contributed by atoms with Crippen LogP contribution in [0, 0.1) is 11.3 Å². The highest BCUT2D eigenvalue weighted by atomic mass is 16.5. The Morgan fingerprint density at radius 1 is 1.06 bits per heavy atom. The van der Waals surface area contributed by atoms with E-state index in [1.165, 1.54) is 11.1 Å². The minimum atomic E-state index is 0.382. The van der Waals surface area contributed by atoms with Crippen molar-refractivity contribution in [2.24, 2.45) is 0 Å². The number of hydrogen-bond acceptors (Lipinski definition) is 2. The Kier molecular flexibility index (Phi) is 2.74. The van der Waals surface area contributed by atoms with Crippen LogP contribution >= 0.6 is 0 Å². The van der Waals surface area contributed by atoms with E-state index in [0.717, 1.165) is 12.2 Å². The standard InChI is InChI=1S/C16H13NO/c17-10-12-5-7-13(8-6-12)15-9-14-3-1-2-4-16(14)18-11-15/h1-8,15H,9,11H2. The summed E-state index contributed by atoms with van der Waals surface area (Å²) < 4.78 is 5.78. The van der Waals surface area contributed by atoms with Crippen LogP contribution < -0.4 is 4.74 Å². The third-order valence-electron chi connectivity index (χ3n) is 3.39. The number of hydrogen-bond donors (Lipinski definition) is 0. The zero-order valence-electron chi connectivity index (χ0n) is 9.97. The lowest BCUT2D eigenvalue weighted by molar-refractivity contribution is 0.262. The van der Waals surface area contributed by atoms with Crippen molar-refractivity contribution in [3.05, 3.63) is 65.2 Å². The van der Waals surface area contributed by atoms with Gasteiger partial charge >= 0.3 is 0 Å². The van der Waals surface area contributed by atoms with Crippen LogP contribution in [-0.4, -0.2) is 6.61 Å². The molecule has 88 valence electrons. The number of fused-ring (bicyclic) bond motifs is 1. The van der Waals surface area contributed by atoms with E-state index in [-0.39, 0.29) is 0 Å². The van der Waals surface area contributed by atoms with E-state index < -0.39 is 0 Å². The maximum atomic E-state index is 8.79. The van der Waals surface area contributed by atoms with Gasteiger partial charge in [0.05, 0.1) is 18.2 Å². The van der Waals surface area contributed by atoms with Crippen LogP contribution in [0.2, 0.25) is 0 Å². The monoisotopic (exact) mass is 235 g/mol. The lowest BCUT2D eigenvalue weighted by Gasteiger charge is -2.25. The van der Waals surface area contributed by atoms with Crippen LogP contribution in [0.15, 0.2) is 48.5 Å². The zero-order valence-corrected chi connectivity index (χ0v) is 9.97. The molecule has 1 aliphatic rings. The van der Waals surface area contributed by atoms with Gasteiger partial charge in [-0.25, -0.2) is 0 Å². The maximum Gasteiger partial charge on any atom is 0.122 e. The molecule has 0 radical (unpaired) electrons. The van der Waals surface area contributed by atoms with Crippen molar-refractivity contribution in [3.63, 3.8) is 0 Å². The van der Waals surface area contributed by atoms with Crippen LogP contribution in [-0.2, 0) is 6.42 Å². The molecule has 0 aromatic heterocycles. The molecule has 0 aliphatic carbocycles.